The second-order valence-corrected chi connectivity index (χ2v) is 9.55. The molecule has 34 heavy (non-hydrogen) atoms. The van der Waals surface area contributed by atoms with Crippen molar-refractivity contribution in [2.75, 3.05) is 32.1 Å². The fraction of sp³-hybridized carbons (Fsp3) is 0.632. The number of carbonyl (C=O) groups excluding carboxylic acids is 1. The van der Waals surface area contributed by atoms with Gasteiger partial charge in [0.2, 0.25) is 6.79 Å². The fourth-order valence-electron chi connectivity index (χ4n) is 2.46. The third-order valence-electron chi connectivity index (χ3n) is 3.93. The number of carbonyl (C=O) groups is 1. The van der Waals surface area contributed by atoms with Crippen LogP contribution in [-0.4, -0.2) is 70.9 Å². The van der Waals surface area contributed by atoms with Gasteiger partial charge in [0.25, 0.3) is 6.48 Å². The maximum atomic E-state index is 13.0. The molecule has 0 saturated heterocycles. The predicted octanol–water partition coefficient (Wildman–Crippen LogP) is 2.25. The van der Waals surface area contributed by atoms with E-state index in [0.717, 1.165) is 0 Å². The van der Waals surface area contributed by atoms with Gasteiger partial charge in [-0.15, -0.1) is 0 Å². The summed E-state index contributed by atoms with van der Waals surface area (Å²) < 4.78 is 50.0. The molecule has 0 radical (unpaired) electrons. The van der Waals surface area contributed by atoms with Crippen LogP contribution in [0.2, 0.25) is 0 Å². The molecule has 192 valence electrons. The summed E-state index contributed by atoms with van der Waals surface area (Å²) in [6.07, 6.45) is -0.580. The van der Waals surface area contributed by atoms with Crippen LogP contribution >= 0.6 is 7.60 Å². The Labute approximate surface area is 196 Å². The smallest absolute Gasteiger partial charge is 0.432 e. The number of nitrogen functional groups attached to an aromatic ring is 1. The number of hydrogen-bond donors (Lipinski definition) is 2. The average molecular weight is 506 g/mol. The van der Waals surface area contributed by atoms with Gasteiger partial charge < -0.3 is 34.5 Å². The number of nitrogens with zero attached hydrogens (tertiary/aromatic N) is 3. The number of aliphatic hydroxyl groups excluding tert-OH is 1. The van der Waals surface area contributed by atoms with Crippen LogP contribution in [0.25, 0.3) is 5.52 Å². The summed E-state index contributed by atoms with van der Waals surface area (Å²) in [4.78, 5) is 15.4. The lowest BCUT2D eigenvalue weighted by Gasteiger charge is -2.20. The third kappa shape index (κ3) is 9.50. The monoisotopic (exact) mass is 506 g/mol. The van der Waals surface area contributed by atoms with Crippen LogP contribution in [0, 0.1) is 0 Å². The molecule has 0 spiro atoms. The zero-order valence-corrected chi connectivity index (χ0v) is 20.4. The van der Waals surface area contributed by atoms with E-state index < -0.39 is 39.9 Å². The lowest BCUT2D eigenvalue weighted by molar-refractivity contribution is -0.294. The Hall–Kier alpha value is -2.32. The van der Waals surface area contributed by atoms with E-state index in [2.05, 4.69) is 10.1 Å². The van der Waals surface area contributed by atoms with Crippen LogP contribution in [0.15, 0.2) is 18.5 Å². The molecule has 0 aliphatic carbocycles. The summed E-state index contributed by atoms with van der Waals surface area (Å²) in [5.74, 6) is 0.326. The number of nitrogens with two attached hydrogens (primary N) is 1. The minimum Gasteiger partial charge on any atom is -0.432 e. The first-order chi connectivity index (χ1) is 16.1. The highest BCUT2D eigenvalue weighted by molar-refractivity contribution is 7.53. The van der Waals surface area contributed by atoms with Crippen molar-refractivity contribution in [1.82, 2.24) is 14.6 Å². The average Bonchev–Trinajstić information content (AvgIpc) is 3.14. The Kier molecular flexibility index (Phi) is 11.1. The highest BCUT2D eigenvalue weighted by Crippen LogP contribution is 2.47. The molecule has 0 bridgehead atoms. The topological polar surface area (TPSA) is 175 Å². The van der Waals surface area contributed by atoms with Crippen molar-refractivity contribution in [2.45, 2.75) is 53.0 Å². The molecule has 2 atom stereocenters. The van der Waals surface area contributed by atoms with Crippen molar-refractivity contribution in [1.29, 1.82) is 0 Å². The first-order valence-electron chi connectivity index (χ1n) is 10.4. The molecule has 0 amide bonds. The van der Waals surface area contributed by atoms with E-state index in [4.69, 9.17) is 38.5 Å². The Balaban J connectivity index is 1.88. The minimum absolute atomic E-state index is 0.0490. The van der Waals surface area contributed by atoms with E-state index in [1.54, 1.807) is 44.3 Å². The number of aliphatic hydroxyl groups is 1. The molecule has 14 nitrogen and oxygen atoms in total. The molecule has 2 unspecified atom stereocenters. The fourth-order valence-corrected chi connectivity index (χ4v) is 3.58. The summed E-state index contributed by atoms with van der Waals surface area (Å²) in [5, 5.41) is 13.7. The van der Waals surface area contributed by atoms with Crippen LogP contribution in [-0.2, 0) is 43.9 Å². The van der Waals surface area contributed by atoms with Crippen molar-refractivity contribution >= 4 is 25.1 Å². The van der Waals surface area contributed by atoms with Crippen molar-refractivity contribution in [3.8, 4) is 0 Å². The quantitative estimate of drug-likeness (QED) is 0.156. The number of ether oxygens (including phenoxy) is 5. The Morgan fingerprint density at radius 3 is 2.62 bits per heavy atom. The van der Waals surface area contributed by atoms with E-state index in [9.17, 15) is 14.5 Å². The molecule has 0 aliphatic rings. The van der Waals surface area contributed by atoms with Crippen molar-refractivity contribution in [3.05, 3.63) is 24.2 Å². The summed E-state index contributed by atoms with van der Waals surface area (Å²) in [5.41, 5.74) is 7.12. The number of anilines is 1. The van der Waals surface area contributed by atoms with Crippen molar-refractivity contribution in [3.63, 3.8) is 0 Å². The van der Waals surface area contributed by atoms with Crippen LogP contribution < -0.4 is 5.73 Å². The molecular weight excluding hydrogens is 475 g/mol. The Morgan fingerprint density at radius 1 is 1.18 bits per heavy atom. The van der Waals surface area contributed by atoms with Crippen LogP contribution in [0.3, 0.4) is 0 Å². The number of rotatable bonds is 15. The van der Waals surface area contributed by atoms with Gasteiger partial charge in [-0.2, -0.15) is 5.10 Å². The van der Waals surface area contributed by atoms with E-state index >= 15 is 0 Å². The maximum Gasteiger partial charge on any atom is 0.510 e. The van der Waals surface area contributed by atoms with Gasteiger partial charge in [0.05, 0.1) is 37.3 Å². The first-order valence-corrected chi connectivity index (χ1v) is 12.1. The number of fused-ring (bicyclic) bond motifs is 1. The van der Waals surface area contributed by atoms with Gasteiger partial charge in [0.15, 0.2) is 12.6 Å². The van der Waals surface area contributed by atoms with Gasteiger partial charge in [-0.1, -0.05) is 0 Å². The second kappa shape index (κ2) is 13.5. The van der Waals surface area contributed by atoms with Crippen LogP contribution in [0.5, 0.6) is 0 Å². The predicted molar refractivity (Wildman–Crippen MR) is 117 cm³/mol. The summed E-state index contributed by atoms with van der Waals surface area (Å²) in [7, 11) is -3.86. The van der Waals surface area contributed by atoms with Crippen LogP contribution in [0.4, 0.5) is 10.6 Å². The molecule has 0 fully saturated rings. The number of hydrogen-bond acceptors (Lipinski definition) is 13. The molecule has 2 heterocycles. The van der Waals surface area contributed by atoms with Gasteiger partial charge >= 0.3 is 13.8 Å². The van der Waals surface area contributed by atoms with E-state index in [-0.39, 0.29) is 25.5 Å². The zero-order valence-electron chi connectivity index (χ0n) is 19.5. The Bertz CT molecular complexity index is 954. The minimum atomic E-state index is -3.86. The summed E-state index contributed by atoms with van der Waals surface area (Å²) >= 11 is 0. The van der Waals surface area contributed by atoms with Crippen molar-refractivity contribution in [2.24, 2.45) is 0 Å². The molecule has 0 saturated carbocycles. The van der Waals surface area contributed by atoms with Gasteiger partial charge in [0, 0.05) is 0 Å². The van der Waals surface area contributed by atoms with Gasteiger partial charge in [-0.3, -0.25) is 13.6 Å². The first kappa shape index (κ1) is 27.9. The summed E-state index contributed by atoms with van der Waals surface area (Å²) in [6.45, 7) is 3.87. The van der Waals surface area contributed by atoms with Crippen molar-refractivity contribution < 1.29 is 47.2 Å². The molecule has 3 N–H and O–H groups in total. The summed E-state index contributed by atoms with van der Waals surface area (Å²) in [6, 6.07) is 3.52. The molecule has 15 heteroatoms. The van der Waals surface area contributed by atoms with E-state index in [1.165, 1.54) is 6.33 Å². The van der Waals surface area contributed by atoms with Gasteiger partial charge in [-0.05, 0) is 39.8 Å². The standard InChI is InChI=1S/C19H31N4O10P/c1-13(2)32-18(24)28-11-30-34(26,31-12-29-19(25)33-14(3)4)8-7-27-9-15-5-6-16-17(20)21-10-22-23(15)16/h5-6,10,13-14,18,24H,7-9,11-12H2,1-4H3,(H2,20,21,22). The maximum absolute atomic E-state index is 13.0. The molecule has 2 aromatic heterocycles. The highest BCUT2D eigenvalue weighted by Gasteiger charge is 2.27. The molecule has 0 aromatic carbocycles. The molecular formula is C19H31N4O10P. The molecule has 2 rings (SSSR count). The zero-order chi connectivity index (χ0) is 25.1. The lowest BCUT2D eigenvalue weighted by Crippen LogP contribution is -2.22. The van der Waals surface area contributed by atoms with E-state index in [1.807, 2.05) is 0 Å². The van der Waals surface area contributed by atoms with Gasteiger partial charge in [0.1, 0.15) is 11.8 Å². The SMILES string of the molecule is CC(C)OC(=O)OCOP(=O)(CCOCc1ccc2c(N)ncnn12)OCOC(O)OC(C)C. The highest BCUT2D eigenvalue weighted by atomic mass is 31.2. The Morgan fingerprint density at radius 2 is 1.91 bits per heavy atom. The molecule has 0 aliphatic heterocycles. The van der Waals surface area contributed by atoms with Gasteiger partial charge in [-0.25, -0.2) is 14.3 Å². The van der Waals surface area contributed by atoms with Crippen LogP contribution in [0.1, 0.15) is 33.4 Å². The molecule has 2 aromatic rings. The second-order valence-electron chi connectivity index (χ2n) is 7.37. The number of aromatic nitrogens is 3. The third-order valence-corrected chi connectivity index (χ3v) is 5.65. The van der Waals surface area contributed by atoms with E-state index in [0.29, 0.717) is 17.0 Å². The normalized spacial score (nSPS) is 14.4. The largest absolute Gasteiger partial charge is 0.510 e. The lowest BCUT2D eigenvalue weighted by atomic mass is 10.4.